The Morgan fingerprint density at radius 2 is 2.08 bits per heavy atom. The molecule has 1 heterocycles. The minimum Gasteiger partial charge on any atom is -0.396 e. The van der Waals surface area contributed by atoms with Crippen molar-refractivity contribution in [3.8, 4) is 0 Å². The van der Waals surface area contributed by atoms with Crippen molar-refractivity contribution in [1.82, 2.24) is 9.88 Å². The molecule has 0 aliphatic rings. The molecular formula is C19H24N2O3. The number of nitrogens with zero attached hydrogens (tertiary/aromatic N) is 1. The summed E-state index contributed by atoms with van der Waals surface area (Å²) in [5.41, 5.74) is 1.96. The van der Waals surface area contributed by atoms with Crippen LogP contribution >= 0.6 is 0 Å². The molecule has 2 aromatic rings. The van der Waals surface area contributed by atoms with Crippen LogP contribution in [0, 0.1) is 6.92 Å². The SMILES string of the molecule is CCC(CCO)NC(=O)c1cccn(Cc2cccc(C)c2)c1=O. The average molecular weight is 328 g/mol. The minimum absolute atomic E-state index is 0.00513. The molecule has 0 saturated carbocycles. The second-order valence-electron chi connectivity index (χ2n) is 5.93. The van der Waals surface area contributed by atoms with Gasteiger partial charge in [-0.1, -0.05) is 36.8 Å². The van der Waals surface area contributed by atoms with Crippen LogP contribution in [0.25, 0.3) is 0 Å². The van der Waals surface area contributed by atoms with Crippen molar-refractivity contribution in [3.05, 3.63) is 69.6 Å². The first-order chi connectivity index (χ1) is 11.5. The first kappa shape index (κ1) is 17.9. The Morgan fingerprint density at radius 3 is 2.75 bits per heavy atom. The van der Waals surface area contributed by atoms with Crippen molar-refractivity contribution in [2.45, 2.75) is 39.3 Å². The fourth-order valence-electron chi connectivity index (χ4n) is 2.64. The summed E-state index contributed by atoms with van der Waals surface area (Å²) in [7, 11) is 0. The van der Waals surface area contributed by atoms with Crippen molar-refractivity contribution in [1.29, 1.82) is 0 Å². The van der Waals surface area contributed by atoms with Crippen LogP contribution in [0.3, 0.4) is 0 Å². The maximum atomic E-state index is 12.6. The van der Waals surface area contributed by atoms with Gasteiger partial charge in [0.15, 0.2) is 0 Å². The molecule has 1 amide bonds. The van der Waals surface area contributed by atoms with Gasteiger partial charge in [-0.05, 0) is 37.5 Å². The maximum Gasteiger partial charge on any atom is 0.263 e. The van der Waals surface area contributed by atoms with Crippen LogP contribution in [0.1, 0.15) is 41.3 Å². The molecule has 128 valence electrons. The van der Waals surface area contributed by atoms with Gasteiger partial charge < -0.3 is 15.0 Å². The lowest BCUT2D eigenvalue weighted by atomic mass is 10.1. The van der Waals surface area contributed by atoms with Crippen LogP contribution in [-0.2, 0) is 6.54 Å². The molecular weight excluding hydrogens is 304 g/mol. The first-order valence-corrected chi connectivity index (χ1v) is 8.22. The van der Waals surface area contributed by atoms with Crippen molar-refractivity contribution < 1.29 is 9.90 Å². The molecule has 5 heteroatoms. The fourth-order valence-corrected chi connectivity index (χ4v) is 2.64. The van der Waals surface area contributed by atoms with Crippen molar-refractivity contribution in [2.24, 2.45) is 0 Å². The largest absolute Gasteiger partial charge is 0.396 e. The van der Waals surface area contributed by atoms with Crippen LogP contribution in [0.5, 0.6) is 0 Å². The third-order valence-corrected chi connectivity index (χ3v) is 4.01. The quantitative estimate of drug-likeness (QED) is 0.817. The van der Waals surface area contributed by atoms with Crippen LogP contribution in [0.2, 0.25) is 0 Å². The Hall–Kier alpha value is -2.40. The smallest absolute Gasteiger partial charge is 0.263 e. The highest BCUT2D eigenvalue weighted by atomic mass is 16.3. The lowest BCUT2D eigenvalue weighted by Gasteiger charge is -2.16. The maximum absolute atomic E-state index is 12.6. The summed E-state index contributed by atoms with van der Waals surface area (Å²) in [4.78, 5) is 24.9. The highest BCUT2D eigenvalue weighted by Gasteiger charge is 2.15. The number of carbonyl (C=O) groups excluding carboxylic acids is 1. The Labute approximate surface area is 142 Å². The van der Waals surface area contributed by atoms with Crippen LogP contribution < -0.4 is 10.9 Å². The first-order valence-electron chi connectivity index (χ1n) is 8.22. The number of carbonyl (C=O) groups is 1. The van der Waals surface area contributed by atoms with Gasteiger partial charge >= 0.3 is 0 Å². The molecule has 0 fully saturated rings. The summed E-state index contributed by atoms with van der Waals surface area (Å²) >= 11 is 0. The molecule has 0 aliphatic carbocycles. The molecule has 0 radical (unpaired) electrons. The van der Waals surface area contributed by atoms with E-state index in [1.165, 1.54) is 10.6 Å². The predicted octanol–water partition coefficient (Wildman–Crippen LogP) is 2.10. The fraction of sp³-hybridized carbons (Fsp3) is 0.368. The number of pyridine rings is 1. The van der Waals surface area contributed by atoms with Crippen LogP contribution in [0.15, 0.2) is 47.4 Å². The number of aryl methyl sites for hydroxylation is 1. The molecule has 24 heavy (non-hydrogen) atoms. The molecule has 2 rings (SSSR count). The van der Waals surface area contributed by atoms with Crippen LogP contribution in [-0.4, -0.2) is 28.2 Å². The number of nitrogens with one attached hydrogen (secondary N) is 1. The predicted molar refractivity (Wildman–Crippen MR) is 94.2 cm³/mol. The van der Waals surface area contributed by atoms with E-state index in [4.69, 9.17) is 5.11 Å². The van der Waals surface area contributed by atoms with E-state index >= 15 is 0 Å². The monoisotopic (exact) mass is 328 g/mol. The van der Waals surface area contributed by atoms with Crippen molar-refractivity contribution in [3.63, 3.8) is 0 Å². The van der Waals surface area contributed by atoms with Gasteiger partial charge in [0.2, 0.25) is 0 Å². The minimum atomic E-state index is -0.390. The van der Waals surface area contributed by atoms with E-state index < -0.39 is 0 Å². The second kappa shape index (κ2) is 8.45. The van der Waals surface area contributed by atoms with E-state index in [1.54, 1.807) is 12.3 Å². The second-order valence-corrected chi connectivity index (χ2v) is 5.93. The highest BCUT2D eigenvalue weighted by Crippen LogP contribution is 2.06. The van der Waals surface area contributed by atoms with Gasteiger partial charge in [0, 0.05) is 18.8 Å². The molecule has 1 aromatic carbocycles. The van der Waals surface area contributed by atoms with E-state index in [0.717, 1.165) is 11.1 Å². The summed E-state index contributed by atoms with van der Waals surface area (Å²) in [6.45, 7) is 4.37. The average Bonchev–Trinajstić information content (AvgIpc) is 2.56. The van der Waals surface area contributed by atoms with Crippen molar-refractivity contribution in [2.75, 3.05) is 6.61 Å². The number of rotatable bonds is 7. The Kier molecular flexibility index (Phi) is 6.32. The van der Waals surface area contributed by atoms with E-state index in [1.807, 2.05) is 38.1 Å². The molecule has 2 N–H and O–H groups in total. The molecule has 0 aliphatic heterocycles. The normalized spacial score (nSPS) is 12.0. The van der Waals surface area contributed by atoms with Gasteiger partial charge in [-0.15, -0.1) is 0 Å². The van der Waals surface area contributed by atoms with E-state index in [0.29, 0.717) is 19.4 Å². The molecule has 1 atom stereocenters. The van der Waals surface area contributed by atoms with E-state index in [9.17, 15) is 9.59 Å². The molecule has 1 unspecified atom stereocenters. The number of hydrogen-bond donors (Lipinski definition) is 2. The molecule has 0 spiro atoms. The van der Waals surface area contributed by atoms with E-state index in [-0.39, 0.29) is 29.7 Å². The number of aliphatic hydroxyl groups is 1. The summed E-state index contributed by atoms with van der Waals surface area (Å²) in [5.74, 6) is -0.390. The van der Waals surface area contributed by atoms with Gasteiger partial charge in [0.05, 0.1) is 6.54 Å². The van der Waals surface area contributed by atoms with Gasteiger partial charge in [-0.3, -0.25) is 9.59 Å². The van der Waals surface area contributed by atoms with Crippen molar-refractivity contribution >= 4 is 5.91 Å². The van der Waals surface area contributed by atoms with Gasteiger partial charge in [0.1, 0.15) is 5.56 Å². The summed E-state index contributed by atoms with van der Waals surface area (Å²) in [5, 5.41) is 11.8. The number of amides is 1. The zero-order valence-electron chi connectivity index (χ0n) is 14.2. The summed E-state index contributed by atoms with van der Waals surface area (Å²) in [6, 6.07) is 11.0. The summed E-state index contributed by atoms with van der Waals surface area (Å²) < 4.78 is 1.54. The lowest BCUT2D eigenvalue weighted by molar-refractivity contribution is 0.0927. The number of aliphatic hydroxyl groups excluding tert-OH is 1. The molecule has 0 saturated heterocycles. The third-order valence-electron chi connectivity index (χ3n) is 4.01. The topological polar surface area (TPSA) is 71.3 Å². The Morgan fingerprint density at radius 1 is 1.29 bits per heavy atom. The van der Waals surface area contributed by atoms with Crippen LogP contribution in [0.4, 0.5) is 0 Å². The van der Waals surface area contributed by atoms with E-state index in [2.05, 4.69) is 5.32 Å². The lowest BCUT2D eigenvalue weighted by Crippen LogP contribution is -2.39. The zero-order chi connectivity index (χ0) is 17.5. The molecule has 5 nitrogen and oxygen atoms in total. The molecule has 1 aromatic heterocycles. The van der Waals surface area contributed by atoms with Gasteiger partial charge in [-0.2, -0.15) is 0 Å². The highest BCUT2D eigenvalue weighted by molar-refractivity contribution is 5.93. The standard InChI is InChI=1S/C19H24N2O3/c1-3-16(9-11-22)20-18(23)17-8-5-10-21(19(17)24)13-15-7-4-6-14(2)12-15/h4-8,10,12,16,22H,3,9,11,13H2,1-2H3,(H,20,23). The zero-order valence-corrected chi connectivity index (χ0v) is 14.2. The molecule has 0 bridgehead atoms. The number of benzene rings is 1. The number of hydrogen-bond acceptors (Lipinski definition) is 3. The Balaban J connectivity index is 2.21. The summed E-state index contributed by atoms with van der Waals surface area (Å²) in [6.07, 6.45) is 2.87. The van der Waals surface area contributed by atoms with Gasteiger partial charge in [0.25, 0.3) is 11.5 Å². The Bertz CT molecular complexity index is 752. The third kappa shape index (κ3) is 4.55. The van der Waals surface area contributed by atoms with Gasteiger partial charge in [-0.25, -0.2) is 0 Å². The number of aromatic nitrogens is 1.